The topological polar surface area (TPSA) is 43.1 Å². The highest BCUT2D eigenvalue weighted by Gasteiger charge is 2.35. The molecule has 1 heterocycles. The van der Waals surface area contributed by atoms with Gasteiger partial charge in [0.15, 0.2) is 5.78 Å². The Balaban J connectivity index is 2.58. The van der Waals surface area contributed by atoms with Crippen LogP contribution < -0.4 is 5.73 Å². The van der Waals surface area contributed by atoms with Gasteiger partial charge in [0.2, 0.25) is 0 Å². The van der Waals surface area contributed by atoms with Crippen LogP contribution in [0.1, 0.15) is 19.8 Å². The highest BCUT2D eigenvalue weighted by molar-refractivity contribution is 8.01. The molecule has 0 aliphatic carbocycles. The summed E-state index contributed by atoms with van der Waals surface area (Å²) >= 11 is 1.75. The summed E-state index contributed by atoms with van der Waals surface area (Å²) in [5.41, 5.74) is 5.27. The Labute approximate surface area is 65.5 Å². The fourth-order valence-corrected chi connectivity index (χ4v) is 2.49. The van der Waals surface area contributed by atoms with Crippen molar-refractivity contribution < 1.29 is 4.79 Å². The molecular formula is C7H13NOS. The average Bonchev–Trinajstić information content (AvgIpc) is 2.36. The molecule has 1 aliphatic rings. The number of ketones is 1. The van der Waals surface area contributed by atoms with Crippen molar-refractivity contribution in [3.05, 3.63) is 0 Å². The van der Waals surface area contributed by atoms with Gasteiger partial charge in [0, 0.05) is 0 Å². The van der Waals surface area contributed by atoms with Gasteiger partial charge in [-0.2, -0.15) is 0 Å². The summed E-state index contributed by atoms with van der Waals surface area (Å²) in [4.78, 5) is 11.2. The van der Waals surface area contributed by atoms with Crippen molar-refractivity contribution in [3.63, 3.8) is 0 Å². The third-order valence-electron chi connectivity index (χ3n) is 1.99. The number of hydrogen-bond acceptors (Lipinski definition) is 3. The van der Waals surface area contributed by atoms with Gasteiger partial charge in [0.05, 0.1) is 11.3 Å². The van der Waals surface area contributed by atoms with Crippen LogP contribution in [0.3, 0.4) is 0 Å². The van der Waals surface area contributed by atoms with Crippen molar-refractivity contribution in [2.45, 2.75) is 24.5 Å². The van der Waals surface area contributed by atoms with E-state index in [2.05, 4.69) is 0 Å². The van der Waals surface area contributed by atoms with Crippen molar-refractivity contribution in [1.29, 1.82) is 0 Å². The number of Topliss-reactive ketones (excluding diaryl/α,β-unsaturated/α-hetero) is 1. The quantitative estimate of drug-likeness (QED) is 0.648. The second-order valence-electron chi connectivity index (χ2n) is 2.81. The first-order valence-electron chi connectivity index (χ1n) is 3.56. The summed E-state index contributed by atoms with van der Waals surface area (Å²) in [6.07, 6.45) is 2.17. The molecule has 1 rings (SSSR count). The Morgan fingerprint density at radius 1 is 1.80 bits per heavy atom. The predicted molar refractivity (Wildman–Crippen MR) is 44.2 cm³/mol. The molecule has 0 radical (unpaired) electrons. The fraction of sp³-hybridized carbons (Fsp3) is 0.857. The Morgan fingerprint density at radius 3 is 2.90 bits per heavy atom. The number of thioether (sulfide) groups is 1. The van der Waals surface area contributed by atoms with Crippen LogP contribution >= 0.6 is 11.8 Å². The van der Waals surface area contributed by atoms with Crippen LogP contribution in [0.25, 0.3) is 0 Å². The molecule has 2 N–H and O–H groups in total. The molecule has 0 aromatic heterocycles. The molecule has 2 nitrogen and oxygen atoms in total. The van der Waals surface area contributed by atoms with Gasteiger partial charge >= 0.3 is 0 Å². The second kappa shape index (κ2) is 2.93. The molecule has 0 amide bonds. The number of rotatable bonds is 2. The smallest absolute Gasteiger partial charge is 0.162 e. The van der Waals surface area contributed by atoms with Crippen molar-refractivity contribution in [2.75, 3.05) is 12.3 Å². The number of hydrogen-bond donors (Lipinski definition) is 1. The maximum absolute atomic E-state index is 11.2. The number of nitrogens with two attached hydrogens (primary N) is 1. The van der Waals surface area contributed by atoms with E-state index in [0.29, 0.717) is 0 Å². The van der Waals surface area contributed by atoms with Gasteiger partial charge in [-0.1, -0.05) is 0 Å². The minimum atomic E-state index is -0.144. The van der Waals surface area contributed by atoms with Gasteiger partial charge in [0.25, 0.3) is 0 Å². The predicted octanol–water partition coefficient (Wildman–Crippen LogP) is 0.800. The number of carbonyl (C=O) groups excluding carboxylic acids is 1. The normalized spacial score (nSPS) is 32.6. The maximum atomic E-state index is 11.2. The van der Waals surface area contributed by atoms with Gasteiger partial charge < -0.3 is 5.73 Å². The van der Waals surface area contributed by atoms with E-state index in [1.54, 1.807) is 11.8 Å². The first-order chi connectivity index (χ1) is 4.69. The second-order valence-corrected chi connectivity index (χ2v) is 4.41. The zero-order valence-electron chi connectivity index (χ0n) is 6.22. The molecule has 0 bridgehead atoms. The largest absolute Gasteiger partial charge is 0.324 e. The monoisotopic (exact) mass is 159 g/mol. The molecule has 0 spiro atoms. The van der Waals surface area contributed by atoms with Crippen molar-refractivity contribution in [1.82, 2.24) is 0 Å². The summed E-state index contributed by atoms with van der Waals surface area (Å²) in [6.45, 7) is 2.20. The van der Waals surface area contributed by atoms with Crippen molar-refractivity contribution in [3.8, 4) is 0 Å². The molecule has 0 saturated carbocycles. The molecular weight excluding hydrogens is 146 g/mol. The van der Waals surface area contributed by atoms with Crippen LogP contribution in [-0.2, 0) is 4.79 Å². The van der Waals surface area contributed by atoms with E-state index in [0.717, 1.165) is 18.6 Å². The van der Waals surface area contributed by atoms with E-state index in [-0.39, 0.29) is 17.1 Å². The lowest BCUT2D eigenvalue weighted by atomic mass is 10.0. The van der Waals surface area contributed by atoms with Gasteiger partial charge in [-0.15, -0.1) is 11.8 Å². The van der Waals surface area contributed by atoms with Gasteiger partial charge in [0.1, 0.15) is 0 Å². The number of carbonyl (C=O) groups is 1. The lowest BCUT2D eigenvalue weighted by Crippen LogP contribution is -2.34. The minimum Gasteiger partial charge on any atom is -0.324 e. The van der Waals surface area contributed by atoms with E-state index < -0.39 is 0 Å². The summed E-state index contributed by atoms with van der Waals surface area (Å²) in [6, 6.07) is 0. The van der Waals surface area contributed by atoms with Crippen LogP contribution in [0.5, 0.6) is 0 Å². The van der Waals surface area contributed by atoms with E-state index in [9.17, 15) is 4.79 Å². The summed E-state index contributed by atoms with van der Waals surface area (Å²) in [5.74, 6) is 1.32. The SMILES string of the molecule is CC1(C(=O)CN)CCCS1. The van der Waals surface area contributed by atoms with Crippen LogP contribution in [0.2, 0.25) is 0 Å². The highest BCUT2D eigenvalue weighted by Crippen LogP contribution is 2.37. The van der Waals surface area contributed by atoms with E-state index >= 15 is 0 Å². The third-order valence-corrected chi connectivity index (χ3v) is 3.56. The van der Waals surface area contributed by atoms with E-state index in [1.807, 2.05) is 6.92 Å². The summed E-state index contributed by atoms with van der Waals surface area (Å²) in [5, 5.41) is 0. The first-order valence-corrected chi connectivity index (χ1v) is 4.55. The summed E-state index contributed by atoms with van der Waals surface area (Å²) in [7, 11) is 0. The first kappa shape index (κ1) is 8.08. The highest BCUT2D eigenvalue weighted by atomic mass is 32.2. The maximum Gasteiger partial charge on any atom is 0.162 e. The molecule has 1 unspecified atom stereocenters. The van der Waals surface area contributed by atoms with Gasteiger partial charge in [-0.3, -0.25) is 4.79 Å². The Hall–Kier alpha value is -0.0200. The summed E-state index contributed by atoms with van der Waals surface area (Å²) < 4.78 is -0.144. The van der Waals surface area contributed by atoms with Crippen molar-refractivity contribution >= 4 is 17.5 Å². The Bertz CT molecular complexity index is 141. The molecule has 0 aromatic carbocycles. The molecule has 1 saturated heterocycles. The molecule has 1 aliphatic heterocycles. The van der Waals surface area contributed by atoms with Crippen LogP contribution in [-0.4, -0.2) is 22.8 Å². The lowest BCUT2D eigenvalue weighted by Gasteiger charge is -2.19. The fourth-order valence-electron chi connectivity index (χ4n) is 1.21. The molecule has 58 valence electrons. The van der Waals surface area contributed by atoms with Gasteiger partial charge in [-0.25, -0.2) is 0 Å². The van der Waals surface area contributed by atoms with Crippen LogP contribution in [0.4, 0.5) is 0 Å². The Kier molecular flexibility index (Phi) is 2.36. The Morgan fingerprint density at radius 2 is 2.50 bits per heavy atom. The third kappa shape index (κ3) is 1.35. The average molecular weight is 159 g/mol. The molecule has 1 fully saturated rings. The zero-order chi connectivity index (χ0) is 7.61. The van der Waals surface area contributed by atoms with E-state index in [1.165, 1.54) is 0 Å². The zero-order valence-corrected chi connectivity index (χ0v) is 7.04. The molecule has 10 heavy (non-hydrogen) atoms. The molecule has 0 aromatic rings. The van der Waals surface area contributed by atoms with Gasteiger partial charge in [-0.05, 0) is 25.5 Å². The van der Waals surface area contributed by atoms with Crippen LogP contribution in [0, 0.1) is 0 Å². The molecule has 3 heteroatoms. The lowest BCUT2D eigenvalue weighted by molar-refractivity contribution is -0.119. The standard InChI is InChI=1S/C7H13NOS/c1-7(6(9)5-8)3-2-4-10-7/h2-5,8H2,1H3. The van der Waals surface area contributed by atoms with E-state index in [4.69, 9.17) is 5.73 Å². The van der Waals surface area contributed by atoms with Crippen LogP contribution in [0.15, 0.2) is 0 Å². The van der Waals surface area contributed by atoms with Crippen molar-refractivity contribution in [2.24, 2.45) is 5.73 Å². The molecule has 1 atom stereocenters. The minimum absolute atomic E-state index is 0.144.